The summed E-state index contributed by atoms with van der Waals surface area (Å²) in [6.45, 7) is 11.6. The molecule has 256 valence electrons. The Balaban J connectivity index is 1.02. The molecule has 5 atom stereocenters. The van der Waals surface area contributed by atoms with Crippen molar-refractivity contribution in [1.82, 2.24) is 4.90 Å². The van der Waals surface area contributed by atoms with E-state index in [4.69, 9.17) is 25.5 Å². The zero-order chi connectivity index (χ0) is 34.2. The van der Waals surface area contributed by atoms with Gasteiger partial charge in [0.1, 0.15) is 18.3 Å². The SMILES string of the molecule is CN1[C@@H]2C[C@@H](OC(=O)Nc3ccc(CCCC(=O)Nc4ccc(CO[Si](C)(C)C(C)(C)C)cc4Cl)cc3-c3ccccc3)C[C@H]1[C@@H]1O[C@@H]12. The molecule has 10 heteroatoms. The first kappa shape index (κ1) is 34.6. The number of carbonyl (C=O) groups is 2. The molecule has 3 aliphatic heterocycles. The van der Waals surface area contributed by atoms with Gasteiger partial charge >= 0.3 is 6.09 Å². The van der Waals surface area contributed by atoms with Crippen LogP contribution >= 0.6 is 11.6 Å². The second-order valence-electron chi connectivity index (χ2n) is 15.0. The number of epoxide rings is 1. The number of amides is 2. The average Bonchev–Trinajstić information content (AvgIpc) is 3.80. The number of fused-ring (bicyclic) bond motifs is 5. The van der Waals surface area contributed by atoms with Crippen LogP contribution in [-0.4, -0.2) is 62.7 Å². The van der Waals surface area contributed by atoms with Crippen molar-refractivity contribution in [2.24, 2.45) is 0 Å². The van der Waals surface area contributed by atoms with Gasteiger partial charge < -0.3 is 19.2 Å². The second-order valence-corrected chi connectivity index (χ2v) is 20.2. The summed E-state index contributed by atoms with van der Waals surface area (Å²) >= 11 is 6.55. The van der Waals surface area contributed by atoms with Gasteiger partial charge in [0.25, 0.3) is 0 Å². The summed E-state index contributed by atoms with van der Waals surface area (Å²) in [4.78, 5) is 28.3. The lowest BCUT2D eigenvalue weighted by atomic mass is 9.98. The van der Waals surface area contributed by atoms with E-state index in [1.807, 2.05) is 60.7 Å². The van der Waals surface area contributed by atoms with Crippen LogP contribution in [0.4, 0.5) is 16.2 Å². The number of anilines is 2. The van der Waals surface area contributed by atoms with Gasteiger partial charge in [-0.1, -0.05) is 74.8 Å². The van der Waals surface area contributed by atoms with Crippen molar-refractivity contribution in [2.45, 2.75) is 108 Å². The number of hydrogen-bond donors (Lipinski definition) is 2. The number of piperidine rings is 1. The highest BCUT2D eigenvalue weighted by Crippen LogP contribution is 2.48. The average molecular weight is 690 g/mol. The molecule has 3 heterocycles. The number of rotatable bonds is 11. The maximum Gasteiger partial charge on any atom is 0.411 e. The molecule has 0 saturated carbocycles. The smallest absolute Gasteiger partial charge is 0.411 e. The Kier molecular flexibility index (Phi) is 10.1. The van der Waals surface area contributed by atoms with E-state index >= 15 is 0 Å². The first-order chi connectivity index (χ1) is 22.8. The van der Waals surface area contributed by atoms with Gasteiger partial charge in [-0.05, 0) is 79.0 Å². The molecule has 2 amide bonds. The number of hydrogen-bond acceptors (Lipinski definition) is 6. The fourth-order valence-electron chi connectivity index (χ4n) is 6.70. The normalized spacial score (nSPS) is 23.4. The van der Waals surface area contributed by atoms with Crippen LogP contribution in [0.2, 0.25) is 23.2 Å². The van der Waals surface area contributed by atoms with E-state index in [1.54, 1.807) is 0 Å². The predicted octanol–water partition coefficient (Wildman–Crippen LogP) is 8.65. The van der Waals surface area contributed by atoms with E-state index in [1.165, 1.54) is 0 Å². The molecule has 0 aliphatic carbocycles. The minimum atomic E-state index is -1.88. The molecule has 2 N–H and O–H groups in total. The van der Waals surface area contributed by atoms with E-state index < -0.39 is 14.4 Å². The number of nitrogens with zero attached hydrogens (tertiary/aromatic N) is 1. The number of ether oxygens (including phenoxy) is 2. The first-order valence-corrected chi connectivity index (χ1v) is 20.3. The number of likely N-dealkylation sites (N-methyl/N-ethyl adjacent to an activating group) is 1. The Hall–Kier alpha value is -3.21. The lowest BCUT2D eigenvalue weighted by molar-refractivity contribution is -0.116. The molecule has 3 aliphatic rings. The van der Waals surface area contributed by atoms with Crippen LogP contribution in [0.25, 0.3) is 11.1 Å². The van der Waals surface area contributed by atoms with Gasteiger partial charge in [0.2, 0.25) is 5.91 Å². The van der Waals surface area contributed by atoms with Gasteiger partial charge in [-0.3, -0.25) is 15.0 Å². The number of morpholine rings is 1. The molecular weight excluding hydrogens is 642 g/mol. The first-order valence-electron chi connectivity index (χ1n) is 17.0. The monoisotopic (exact) mass is 689 g/mol. The van der Waals surface area contributed by atoms with Crippen LogP contribution in [0.5, 0.6) is 0 Å². The maximum absolute atomic E-state index is 13.1. The summed E-state index contributed by atoms with van der Waals surface area (Å²) < 4.78 is 18.0. The van der Waals surface area contributed by atoms with Gasteiger partial charge in [0, 0.05) is 36.9 Å². The summed E-state index contributed by atoms with van der Waals surface area (Å²) in [5, 5.41) is 6.61. The summed E-state index contributed by atoms with van der Waals surface area (Å²) in [7, 11) is 0.265. The van der Waals surface area contributed by atoms with Crippen molar-refractivity contribution in [3.8, 4) is 11.1 Å². The third-order valence-electron chi connectivity index (χ3n) is 10.6. The van der Waals surface area contributed by atoms with Crippen molar-refractivity contribution in [2.75, 3.05) is 17.7 Å². The predicted molar refractivity (Wildman–Crippen MR) is 194 cm³/mol. The van der Waals surface area contributed by atoms with Crippen LogP contribution in [0, 0.1) is 0 Å². The van der Waals surface area contributed by atoms with Crippen molar-refractivity contribution in [3.63, 3.8) is 0 Å². The number of halogens is 1. The van der Waals surface area contributed by atoms with Crippen molar-refractivity contribution >= 4 is 43.3 Å². The minimum absolute atomic E-state index is 0.0855. The summed E-state index contributed by atoms with van der Waals surface area (Å²) in [5.41, 5.74) is 5.28. The standard InChI is InChI=1S/C38H48ClN3O5Si/c1-38(2,3)48(5,6)45-23-25-16-18-31(29(39)20-25)40-34(43)14-10-11-24-15-17-30(28(19-24)26-12-8-7-9-13-26)41-37(44)46-27-21-32-35-36(47-35)33(22-27)42(32)4/h7-9,12-13,15-20,27,32-33,35-36H,10-11,14,21-23H2,1-6H3,(H,40,43)(H,41,44)/t27-,32-,33+,35-,36+. The zero-order valence-corrected chi connectivity index (χ0v) is 30.6. The summed E-state index contributed by atoms with van der Waals surface area (Å²) in [6, 6.07) is 22.3. The van der Waals surface area contributed by atoms with Gasteiger partial charge in [-0.15, -0.1) is 0 Å². The molecule has 0 radical (unpaired) electrons. The minimum Gasteiger partial charge on any atom is -0.446 e. The van der Waals surface area contributed by atoms with Crippen LogP contribution in [0.3, 0.4) is 0 Å². The Morgan fingerprint density at radius 2 is 1.60 bits per heavy atom. The Labute approximate surface area is 290 Å². The molecule has 3 saturated heterocycles. The fourth-order valence-corrected chi connectivity index (χ4v) is 7.91. The Morgan fingerprint density at radius 3 is 2.27 bits per heavy atom. The van der Waals surface area contributed by atoms with E-state index in [0.717, 1.165) is 35.1 Å². The molecule has 3 fully saturated rings. The molecule has 0 aromatic heterocycles. The molecular formula is C38H48ClN3O5Si. The van der Waals surface area contributed by atoms with Crippen molar-refractivity contribution in [3.05, 3.63) is 82.9 Å². The van der Waals surface area contributed by atoms with Gasteiger partial charge in [-0.25, -0.2) is 4.79 Å². The third-order valence-corrected chi connectivity index (χ3v) is 15.4. The zero-order valence-electron chi connectivity index (χ0n) is 28.8. The Morgan fingerprint density at radius 1 is 0.938 bits per heavy atom. The molecule has 0 unspecified atom stereocenters. The Bertz CT molecular complexity index is 1630. The van der Waals surface area contributed by atoms with E-state index in [2.05, 4.69) is 62.5 Å². The number of benzene rings is 3. The molecule has 6 rings (SSSR count). The van der Waals surface area contributed by atoms with Gasteiger partial charge in [0.05, 0.1) is 23.0 Å². The largest absolute Gasteiger partial charge is 0.446 e. The van der Waals surface area contributed by atoms with Crippen LogP contribution < -0.4 is 10.6 Å². The lowest BCUT2D eigenvalue weighted by Crippen LogP contribution is -2.48. The fraction of sp³-hybridized carbons (Fsp3) is 0.474. The molecule has 3 aromatic rings. The second kappa shape index (κ2) is 14.0. The van der Waals surface area contributed by atoms with Gasteiger partial charge in [-0.2, -0.15) is 0 Å². The topological polar surface area (TPSA) is 92.4 Å². The molecule has 2 bridgehead atoms. The lowest BCUT2D eigenvalue weighted by Gasteiger charge is -2.37. The molecule has 3 aromatic carbocycles. The van der Waals surface area contributed by atoms with Crippen molar-refractivity contribution in [1.29, 1.82) is 0 Å². The number of aryl methyl sites for hydroxylation is 1. The number of carbonyl (C=O) groups excluding carboxylic acids is 2. The molecule has 8 nitrogen and oxygen atoms in total. The van der Waals surface area contributed by atoms with Gasteiger partial charge in [0.15, 0.2) is 8.32 Å². The highest BCUT2D eigenvalue weighted by Gasteiger charge is 2.62. The van der Waals surface area contributed by atoms with E-state index in [0.29, 0.717) is 66.6 Å². The summed E-state index contributed by atoms with van der Waals surface area (Å²) in [5.74, 6) is -0.0855. The van der Waals surface area contributed by atoms with Crippen LogP contribution in [-0.2, 0) is 31.7 Å². The van der Waals surface area contributed by atoms with Crippen LogP contribution in [0.1, 0.15) is 57.6 Å². The maximum atomic E-state index is 13.1. The number of nitrogens with one attached hydrogen (secondary N) is 2. The molecule has 48 heavy (non-hydrogen) atoms. The van der Waals surface area contributed by atoms with E-state index in [-0.39, 0.29) is 17.0 Å². The molecule has 0 spiro atoms. The highest BCUT2D eigenvalue weighted by atomic mass is 35.5. The quantitative estimate of drug-likeness (QED) is 0.155. The van der Waals surface area contributed by atoms with Crippen LogP contribution in [0.15, 0.2) is 66.7 Å². The highest BCUT2D eigenvalue weighted by molar-refractivity contribution is 6.74. The third kappa shape index (κ3) is 7.81. The van der Waals surface area contributed by atoms with E-state index in [9.17, 15) is 9.59 Å². The summed E-state index contributed by atoms with van der Waals surface area (Å²) in [6.07, 6.45) is 3.34. The van der Waals surface area contributed by atoms with Crippen molar-refractivity contribution < 1.29 is 23.5 Å².